The minimum absolute atomic E-state index is 0.187. The van der Waals surface area contributed by atoms with Crippen molar-refractivity contribution in [1.82, 2.24) is 5.32 Å². The number of anilines is 2. The summed E-state index contributed by atoms with van der Waals surface area (Å²) in [5.41, 5.74) is 2.86. The fraction of sp³-hybridized carbons (Fsp3) is 0.294. The molecule has 0 aliphatic rings. The molecule has 0 unspecified atom stereocenters. The van der Waals surface area contributed by atoms with Crippen LogP contribution in [-0.2, 0) is 6.54 Å². The van der Waals surface area contributed by atoms with Crippen LogP contribution in [0.3, 0.4) is 0 Å². The minimum atomic E-state index is -0.187. The van der Waals surface area contributed by atoms with E-state index in [1.807, 2.05) is 42.2 Å². The summed E-state index contributed by atoms with van der Waals surface area (Å²) in [6, 6.07) is 15.1. The van der Waals surface area contributed by atoms with Crippen molar-refractivity contribution in [3.8, 4) is 0 Å². The number of rotatable bonds is 6. The SMILES string of the molecule is CCNCc1ccccc1N(CC)c1ccccc1F. The molecule has 0 spiro atoms. The molecule has 0 fully saturated rings. The molecule has 3 heteroatoms. The van der Waals surface area contributed by atoms with Gasteiger partial charge in [0, 0.05) is 18.8 Å². The van der Waals surface area contributed by atoms with E-state index >= 15 is 0 Å². The maximum absolute atomic E-state index is 14.0. The van der Waals surface area contributed by atoms with Crippen LogP contribution in [0.1, 0.15) is 19.4 Å². The van der Waals surface area contributed by atoms with Crippen LogP contribution < -0.4 is 10.2 Å². The van der Waals surface area contributed by atoms with Gasteiger partial charge in [-0.3, -0.25) is 0 Å². The third-order valence-electron chi connectivity index (χ3n) is 3.31. The molecule has 0 bridgehead atoms. The third kappa shape index (κ3) is 3.17. The van der Waals surface area contributed by atoms with Gasteiger partial charge in [-0.1, -0.05) is 37.3 Å². The molecule has 2 rings (SSSR count). The minimum Gasteiger partial charge on any atom is -0.339 e. The number of hydrogen-bond donors (Lipinski definition) is 1. The molecule has 1 N–H and O–H groups in total. The van der Waals surface area contributed by atoms with E-state index in [4.69, 9.17) is 0 Å². The summed E-state index contributed by atoms with van der Waals surface area (Å²) in [5, 5.41) is 3.33. The Labute approximate surface area is 120 Å². The Morgan fingerprint density at radius 1 is 0.950 bits per heavy atom. The van der Waals surface area contributed by atoms with Gasteiger partial charge < -0.3 is 10.2 Å². The fourth-order valence-electron chi connectivity index (χ4n) is 2.32. The highest BCUT2D eigenvalue weighted by Gasteiger charge is 2.14. The van der Waals surface area contributed by atoms with Gasteiger partial charge >= 0.3 is 0 Å². The van der Waals surface area contributed by atoms with Crippen LogP contribution in [-0.4, -0.2) is 13.1 Å². The van der Waals surface area contributed by atoms with Gasteiger partial charge in [-0.2, -0.15) is 0 Å². The predicted molar refractivity (Wildman–Crippen MR) is 82.9 cm³/mol. The van der Waals surface area contributed by atoms with E-state index in [2.05, 4.69) is 18.3 Å². The lowest BCUT2D eigenvalue weighted by molar-refractivity contribution is 0.625. The molecule has 2 aromatic carbocycles. The highest BCUT2D eigenvalue weighted by molar-refractivity contribution is 5.66. The number of para-hydroxylation sites is 2. The standard InChI is InChI=1S/C17H21FN2/c1-3-19-13-14-9-5-7-11-16(14)20(4-2)17-12-8-6-10-15(17)18/h5-12,19H,3-4,13H2,1-2H3. The molecule has 0 aromatic heterocycles. The quantitative estimate of drug-likeness (QED) is 0.852. The molecule has 0 saturated heterocycles. The Kier molecular flexibility index (Phi) is 5.13. The lowest BCUT2D eigenvalue weighted by Crippen LogP contribution is -2.21. The molecule has 0 saturated carbocycles. The van der Waals surface area contributed by atoms with Crippen LogP contribution >= 0.6 is 0 Å². The van der Waals surface area contributed by atoms with Crippen molar-refractivity contribution < 1.29 is 4.39 Å². The molecule has 2 nitrogen and oxygen atoms in total. The Morgan fingerprint density at radius 2 is 1.60 bits per heavy atom. The molecule has 0 radical (unpaired) electrons. The molecular formula is C17H21FN2. The number of benzene rings is 2. The van der Waals surface area contributed by atoms with Gasteiger partial charge in [0.25, 0.3) is 0 Å². The van der Waals surface area contributed by atoms with Crippen molar-refractivity contribution in [1.29, 1.82) is 0 Å². The Balaban J connectivity index is 2.39. The zero-order valence-electron chi connectivity index (χ0n) is 12.1. The van der Waals surface area contributed by atoms with Crippen molar-refractivity contribution in [3.63, 3.8) is 0 Å². The second kappa shape index (κ2) is 7.06. The van der Waals surface area contributed by atoms with Gasteiger partial charge in [0.1, 0.15) is 5.82 Å². The normalized spacial score (nSPS) is 10.6. The van der Waals surface area contributed by atoms with Crippen LogP contribution in [0, 0.1) is 5.82 Å². The zero-order valence-corrected chi connectivity index (χ0v) is 12.1. The van der Waals surface area contributed by atoms with E-state index in [1.54, 1.807) is 6.07 Å². The van der Waals surface area contributed by atoms with Crippen LogP contribution in [0.15, 0.2) is 48.5 Å². The summed E-state index contributed by atoms with van der Waals surface area (Å²) in [6.45, 7) is 6.55. The first-order valence-electron chi connectivity index (χ1n) is 7.08. The average Bonchev–Trinajstić information content (AvgIpc) is 2.49. The van der Waals surface area contributed by atoms with Crippen molar-refractivity contribution in [2.24, 2.45) is 0 Å². The smallest absolute Gasteiger partial charge is 0.146 e. The van der Waals surface area contributed by atoms with E-state index in [9.17, 15) is 4.39 Å². The van der Waals surface area contributed by atoms with Crippen LogP contribution in [0.2, 0.25) is 0 Å². The molecule has 0 aliphatic carbocycles. The lowest BCUT2D eigenvalue weighted by atomic mass is 10.1. The topological polar surface area (TPSA) is 15.3 Å². The molecule has 0 atom stereocenters. The fourth-order valence-corrected chi connectivity index (χ4v) is 2.32. The second-order valence-corrected chi connectivity index (χ2v) is 4.60. The average molecular weight is 272 g/mol. The summed E-state index contributed by atoms with van der Waals surface area (Å²) in [7, 11) is 0. The molecular weight excluding hydrogens is 251 g/mol. The summed E-state index contributed by atoms with van der Waals surface area (Å²) in [5.74, 6) is -0.187. The van der Waals surface area contributed by atoms with Crippen molar-refractivity contribution >= 4 is 11.4 Å². The molecule has 20 heavy (non-hydrogen) atoms. The second-order valence-electron chi connectivity index (χ2n) is 4.60. The summed E-state index contributed by atoms with van der Waals surface area (Å²) < 4.78 is 14.0. The summed E-state index contributed by atoms with van der Waals surface area (Å²) >= 11 is 0. The first-order valence-corrected chi connectivity index (χ1v) is 7.08. The number of halogens is 1. The first kappa shape index (κ1) is 14.5. The Hall–Kier alpha value is -1.87. The van der Waals surface area contributed by atoms with Gasteiger partial charge in [0.15, 0.2) is 0 Å². The van der Waals surface area contributed by atoms with E-state index in [0.29, 0.717) is 5.69 Å². The lowest BCUT2D eigenvalue weighted by Gasteiger charge is -2.26. The third-order valence-corrected chi connectivity index (χ3v) is 3.31. The highest BCUT2D eigenvalue weighted by atomic mass is 19.1. The summed E-state index contributed by atoms with van der Waals surface area (Å²) in [6.07, 6.45) is 0. The van der Waals surface area contributed by atoms with Crippen LogP contribution in [0.5, 0.6) is 0 Å². The van der Waals surface area contributed by atoms with E-state index in [0.717, 1.165) is 25.3 Å². The Bertz CT molecular complexity index is 554. The molecule has 2 aromatic rings. The van der Waals surface area contributed by atoms with Crippen molar-refractivity contribution in [3.05, 3.63) is 59.9 Å². The molecule has 106 valence electrons. The Morgan fingerprint density at radius 3 is 2.25 bits per heavy atom. The van der Waals surface area contributed by atoms with Crippen molar-refractivity contribution in [2.45, 2.75) is 20.4 Å². The highest BCUT2D eigenvalue weighted by Crippen LogP contribution is 2.30. The largest absolute Gasteiger partial charge is 0.339 e. The molecule has 0 heterocycles. The monoisotopic (exact) mass is 272 g/mol. The van der Waals surface area contributed by atoms with Gasteiger partial charge in [0.2, 0.25) is 0 Å². The molecule has 0 amide bonds. The number of nitrogens with zero attached hydrogens (tertiary/aromatic N) is 1. The van der Waals surface area contributed by atoms with Gasteiger partial charge in [-0.05, 0) is 37.2 Å². The number of hydrogen-bond acceptors (Lipinski definition) is 2. The van der Waals surface area contributed by atoms with Gasteiger partial charge in [-0.15, -0.1) is 0 Å². The van der Waals surface area contributed by atoms with E-state index < -0.39 is 0 Å². The maximum atomic E-state index is 14.0. The van der Waals surface area contributed by atoms with Gasteiger partial charge in [0.05, 0.1) is 5.69 Å². The van der Waals surface area contributed by atoms with E-state index in [1.165, 1.54) is 11.6 Å². The van der Waals surface area contributed by atoms with Crippen LogP contribution in [0.25, 0.3) is 0 Å². The predicted octanol–water partition coefficient (Wildman–Crippen LogP) is 4.09. The first-order chi connectivity index (χ1) is 9.77. The zero-order chi connectivity index (χ0) is 14.4. The molecule has 0 aliphatic heterocycles. The van der Waals surface area contributed by atoms with Gasteiger partial charge in [-0.25, -0.2) is 4.39 Å². The van der Waals surface area contributed by atoms with E-state index in [-0.39, 0.29) is 5.82 Å². The van der Waals surface area contributed by atoms with Crippen molar-refractivity contribution in [2.75, 3.05) is 18.0 Å². The van der Waals surface area contributed by atoms with Crippen LogP contribution in [0.4, 0.5) is 15.8 Å². The maximum Gasteiger partial charge on any atom is 0.146 e. The summed E-state index contributed by atoms with van der Waals surface area (Å²) in [4.78, 5) is 2.02. The number of nitrogens with one attached hydrogen (secondary N) is 1.